The van der Waals surface area contributed by atoms with E-state index >= 15 is 0 Å². The zero-order valence-corrected chi connectivity index (χ0v) is 19.8. The first kappa shape index (κ1) is 22.4. The lowest BCUT2D eigenvalue weighted by Crippen LogP contribution is -2.40. The number of ether oxygens (including phenoxy) is 1. The number of hydrogen-bond donors (Lipinski definition) is 0. The van der Waals surface area contributed by atoms with Crippen LogP contribution in [0.1, 0.15) is 48.3 Å². The SMILES string of the molecule is Cc1cccc(COc2ccc(C3CC(=O)N(c4cccc(Cl)c4)C4=C3C(=O)CCC4)cc2)c1. The van der Waals surface area contributed by atoms with Crippen molar-refractivity contribution in [3.63, 3.8) is 0 Å². The standard InChI is InChI=1S/C29H26ClNO3/c1-19-5-2-6-20(15-19)18-34-24-13-11-21(12-14-24)25-17-28(33)31(23-8-3-7-22(30)16-23)26-9-4-10-27(32)29(25)26/h2-3,5-8,11-16,25H,4,9-10,17-18H2,1H3. The molecule has 0 radical (unpaired) electrons. The van der Waals surface area contributed by atoms with Crippen LogP contribution in [0.25, 0.3) is 0 Å². The quantitative estimate of drug-likeness (QED) is 0.413. The van der Waals surface area contributed by atoms with E-state index in [0.29, 0.717) is 24.5 Å². The molecular weight excluding hydrogens is 446 g/mol. The molecule has 5 rings (SSSR count). The number of benzene rings is 3. The second kappa shape index (κ2) is 9.47. The number of ketones is 1. The molecule has 0 saturated heterocycles. The van der Waals surface area contributed by atoms with Gasteiger partial charge in [-0.3, -0.25) is 14.5 Å². The third-order valence-corrected chi connectivity index (χ3v) is 6.75. The van der Waals surface area contributed by atoms with E-state index in [1.807, 2.05) is 48.5 Å². The maximum Gasteiger partial charge on any atom is 0.232 e. The summed E-state index contributed by atoms with van der Waals surface area (Å²) in [6.45, 7) is 2.55. The molecule has 1 unspecified atom stereocenters. The Morgan fingerprint density at radius 3 is 2.53 bits per heavy atom. The second-order valence-corrected chi connectivity index (χ2v) is 9.39. The van der Waals surface area contributed by atoms with Gasteiger partial charge in [-0.2, -0.15) is 0 Å². The summed E-state index contributed by atoms with van der Waals surface area (Å²) in [7, 11) is 0. The van der Waals surface area contributed by atoms with E-state index in [4.69, 9.17) is 16.3 Å². The molecule has 5 heteroatoms. The lowest BCUT2D eigenvalue weighted by Gasteiger charge is -2.38. The molecule has 0 N–H and O–H groups in total. The van der Waals surface area contributed by atoms with Crippen LogP contribution in [0.4, 0.5) is 5.69 Å². The van der Waals surface area contributed by atoms with Crippen LogP contribution < -0.4 is 9.64 Å². The minimum atomic E-state index is -0.239. The maximum atomic E-state index is 13.3. The Bertz CT molecular complexity index is 1280. The van der Waals surface area contributed by atoms with Crippen LogP contribution in [-0.4, -0.2) is 11.7 Å². The molecule has 1 aliphatic carbocycles. The van der Waals surface area contributed by atoms with Gasteiger partial charge in [-0.05, 0) is 61.2 Å². The number of Topliss-reactive ketones (excluding diaryl/α,β-unsaturated/α-hetero) is 1. The fourth-order valence-electron chi connectivity index (χ4n) is 4.96. The molecule has 0 saturated carbocycles. The molecule has 1 aliphatic heterocycles. The first-order chi connectivity index (χ1) is 16.5. The zero-order chi connectivity index (χ0) is 23.7. The van der Waals surface area contributed by atoms with E-state index in [0.717, 1.165) is 40.3 Å². The van der Waals surface area contributed by atoms with Gasteiger partial charge in [0.15, 0.2) is 5.78 Å². The van der Waals surface area contributed by atoms with Gasteiger partial charge in [0.05, 0.1) is 5.69 Å². The largest absolute Gasteiger partial charge is 0.489 e. The van der Waals surface area contributed by atoms with Gasteiger partial charge in [-0.15, -0.1) is 0 Å². The molecule has 0 aromatic heterocycles. The van der Waals surface area contributed by atoms with Crippen LogP contribution in [0.5, 0.6) is 5.75 Å². The van der Waals surface area contributed by atoms with Crippen molar-refractivity contribution in [3.05, 3.63) is 106 Å². The van der Waals surface area contributed by atoms with E-state index in [1.165, 1.54) is 5.56 Å². The van der Waals surface area contributed by atoms with Gasteiger partial charge >= 0.3 is 0 Å². The zero-order valence-electron chi connectivity index (χ0n) is 19.1. The summed E-state index contributed by atoms with van der Waals surface area (Å²) in [6.07, 6.45) is 2.22. The van der Waals surface area contributed by atoms with Gasteiger partial charge in [-0.1, -0.05) is 59.6 Å². The van der Waals surface area contributed by atoms with Gasteiger partial charge in [0.1, 0.15) is 12.4 Å². The Hall–Kier alpha value is -3.37. The smallest absolute Gasteiger partial charge is 0.232 e. The third-order valence-electron chi connectivity index (χ3n) is 6.51. The highest BCUT2D eigenvalue weighted by Crippen LogP contribution is 2.43. The third kappa shape index (κ3) is 4.51. The average molecular weight is 472 g/mol. The van der Waals surface area contributed by atoms with Crippen molar-refractivity contribution in [2.24, 2.45) is 0 Å². The number of anilines is 1. The summed E-state index contributed by atoms with van der Waals surface area (Å²) in [6, 6.07) is 23.3. The summed E-state index contributed by atoms with van der Waals surface area (Å²) in [5.41, 5.74) is 5.58. The Balaban J connectivity index is 1.42. The van der Waals surface area contributed by atoms with E-state index in [9.17, 15) is 9.59 Å². The lowest BCUT2D eigenvalue weighted by atomic mass is 9.77. The highest BCUT2D eigenvalue weighted by atomic mass is 35.5. The molecule has 1 heterocycles. The fourth-order valence-corrected chi connectivity index (χ4v) is 5.14. The Kier molecular flexibility index (Phi) is 6.25. The van der Waals surface area contributed by atoms with Crippen LogP contribution in [0.2, 0.25) is 5.02 Å². The summed E-state index contributed by atoms with van der Waals surface area (Å²) in [5, 5.41) is 0.568. The van der Waals surface area contributed by atoms with Crippen molar-refractivity contribution in [2.75, 3.05) is 4.90 Å². The van der Waals surface area contributed by atoms with E-state index in [-0.39, 0.29) is 24.0 Å². The Morgan fingerprint density at radius 2 is 1.76 bits per heavy atom. The molecular formula is C29H26ClNO3. The molecule has 172 valence electrons. The highest BCUT2D eigenvalue weighted by Gasteiger charge is 2.39. The van der Waals surface area contributed by atoms with Crippen molar-refractivity contribution < 1.29 is 14.3 Å². The van der Waals surface area contributed by atoms with Crippen LogP contribution in [0.3, 0.4) is 0 Å². The number of hydrogen-bond acceptors (Lipinski definition) is 3. The van der Waals surface area contributed by atoms with Crippen LogP contribution in [0.15, 0.2) is 84.1 Å². The monoisotopic (exact) mass is 471 g/mol. The lowest BCUT2D eigenvalue weighted by molar-refractivity contribution is -0.119. The predicted molar refractivity (Wildman–Crippen MR) is 134 cm³/mol. The Morgan fingerprint density at radius 1 is 0.971 bits per heavy atom. The molecule has 4 nitrogen and oxygen atoms in total. The summed E-state index contributed by atoms with van der Waals surface area (Å²) in [5.74, 6) is 0.639. The van der Waals surface area contributed by atoms with Gasteiger partial charge in [-0.25, -0.2) is 0 Å². The molecule has 0 fully saturated rings. The topological polar surface area (TPSA) is 46.6 Å². The number of halogens is 1. The first-order valence-electron chi connectivity index (χ1n) is 11.6. The summed E-state index contributed by atoms with van der Waals surface area (Å²) in [4.78, 5) is 28.1. The van der Waals surface area contributed by atoms with E-state index in [2.05, 4.69) is 19.1 Å². The minimum absolute atomic E-state index is 0.0134. The number of amides is 1. The average Bonchev–Trinajstić information content (AvgIpc) is 2.83. The van der Waals surface area contributed by atoms with Crippen LogP contribution >= 0.6 is 11.6 Å². The van der Waals surface area contributed by atoms with E-state index < -0.39 is 0 Å². The van der Waals surface area contributed by atoms with Crippen molar-refractivity contribution in [2.45, 2.75) is 45.1 Å². The Labute approximate surface area is 204 Å². The second-order valence-electron chi connectivity index (χ2n) is 8.95. The molecule has 0 bridgehead atoms. The number of nitrogens with zero attached hydrogens (tertiary/aromatic N) is 1. The van der Waals surface area contributed by atoms with Crippen LogP contribution in [0, 0.1) is 6.92 Å². The predicted octanol–water partition coefficient (Wildman–Crippen LogP) is 6.76. The fraction of sp³-hybridized carbons (Fsp3) is 0.241. The highest BCUT2D eigenvalue weighted by molar-refractivity contribution is 6.31. The van der Waals surface area contributed by atoms with Crippen molar-refractivity contribution in [1.29, 1.82) is 0 Å². The molecule has 1 atom stereocenters. The van der Waals surface area contributed by atoms with Crippen LogP contribution in [-0.2, 0) is 16.2 Å². The number of allylic oxidation sites excluding steroid dienone is 2. The van der Waals surface area contributed by atoms with Gasteiger partial charge in [0.2, 0.25) is 5.91 Å². The normalized spacial score (nSPS) is 18.2. The van der Waals surface area contributed by atoms with Crippen molar-refractivity contribution in [3.8, 4) is 5.75 Å². The molecule has 34 heavy (non-hydrogen) atoms. The molecule has 1 amide bonds. The van der Waals surface area contributed by atoms with Gasteiger partial charge in [0.25, 0.3) is 0 Å². The van der Waals surface area contributed by atoms with E-state index in [1.54, 1.807) is 17.0 Å². The van der Waals surface area contributed by atoms with Crippen molar-refractivity contribution in [1.82, 2.24) is 0 Å². The van der Waals surface area contributed by atoms with Gasteiger partial charge < -0.3 is 4.74 Å². The molecule has 0 spiro atoms. The maximum absolute atomic E-state index is 13.3. The first-order valence-corrected chi connectivity index (χ1v) is 12.0. The molecule has 3 aromatic carbocycles. The summed E-state index contributed by atoms with van der Waals surface area (Å²) < 4.78 is 5.96. The summed E-state index contributed by atoms with van der Waals surface area (Å²) >= 11 is 6.19. The molecule has 3 aromatic rings. The number of aryl methyl sites for hydroxylation is 1. The minimum Gasteiger partial charge on any atom is -0.489 e. The number of carbonyl (C=O) groups excluding carboxylic acids is 2. The van der Waals surface area contributed by atoms with Crippen molar-refractivity contribution >= 4 is 29.0 Å². The number of rotatable bonds is 5. The molecule has 2 aliphatic rings. The number of carbonyl (C=O) groups is 2. The van der Waals surface area contributed by atoms with Gasteiger partial charge in [0, 0.05) is 35.1 Å².